The Hall–Kier alpha value is -2.35. The number of ether oxygens (including phenoxy) is 1. The Labute approximate surface area is 118 Å². The lowest BCUT2D eigenvalue weighted by atomic mass is 9.99. The Kier molecular flexibility index (Phi) is 6.24. The molecule has 0 aromatic heterocycles. The number of esters is 1. The van der Waals surface area contributed by atoms with E-state index in [-0.39, 0.29) is 18.4 Å². The third-order valence-electron chi connectivity index (χ3n) is 3.00. The van der Waals surface area contributed by atoms with Gasteiger partial charge < -0.3 is 10.1 Å². The van der Waals surface area contributed by atoms with Gasteiger partial charge >= 0.3 is 5.97 Å². The van der Waals surface area contributed by atoms with Crippen LogP contribution in [0, 0.1) is 11.3 Å². The maximum Gasteiger partial charge on any atom is 0.307 e. The van der Waals surface area contributed by atoms with Gasteiger partial charge in [-0.05, 0) is 12.0 Å². The first kappa shape index (κ1) is 15.7. The quantitative estimate of drug-likeness (QED) is 0.801. The van der Waals surface area contributed by atoms with Crippen LogP contribution in [0.3, 0.4) is 0 Å². The maximum absolute atomic E-state index is 12.1. The minimum atomic E-state index is -0.872. The normalized spacial score (nSPS) is 12.8. The van der Waals surface area contributed by atoms with Gasteiger partial charge in [0.25, 0.3) is 0 Å². The second kappa shape index (κ2) is 7.95. The van der Waals surface area contributed by atoms with E-state index >= 15 is 0 Å². The van der Waals surface area contributed by atoms with Crippen LogP contribution in [0.15, 0.2) is 30.3 Å². The number of hydrogen-bond donors (Lipinski definition) is 1. The number of nitrogens with zero attached hydrogens (tertiary/aromatic N) is 1. The highest BCUT2D eigenvalue weighted by atomic mass is 16.5. The minimum Gasteiger partial charge on any atom is -0.469 e. The lowest BCUT2D eigenvalue weighted by Crippen LogP contribution is -2.39. The summed E-state index contributed by atoms with van der Waals surface area (Å²) in [5.41, 5.74) is 0.639. The second-order valence-electron chi connectivity index (χ2n) is 4.37. The van der Waals surface area contributed by atoms with E-state index in [0.29, 0.717) is 12.0 Å². The highest BCUT2D eigenvalue weighted by Crippen LogP contribution is 2.15. The zero-order chi connectivity index (χ0) is 15.0. The van der Waals surface area contributed by atoms with Gasteiger partial charge in [0.2, 0.25) is 5.91 Å². The molecule has 1 N–H and O–H groups in total. The van der Waals surface area contributed by atoms with Crippen LogP contribution < -0.4 is 5.32 Å². The lowest BCUT2D eigenvalue weighted by Gasteiger charge is -2.18. The Balaban J connectivity index is 2.73. The van der Waals surface area contributed by atoms with Gasteiger partial charge in [-0.25, -0.2) is 0 Å². The highest BCUT2D eigenvalue weighted by Gasteiger charge is 2.23. The van der Waals surface area contributed by atoms with Crippen molar-refractivity contribution in [1.82, 2.24) is 5.32 Å². The molecule has 2 atom stereocenters. The molecule has 1 aromatic carbocycles. The zero-order valence-electron chi connectivity index (χ0n) is 11.6. The number of rotatable bonds is 6. The summed E-state index contributed by atoms with van der Waals surface area (Å²) < 4.78 is 4.58. The fourth-order valence-electron chi connectivity index (χ4n) is 1.80. The fraction of sp³-hybridized carbons (Fsp3) is 0.400. The Bertz CT molecular complexity index is 494. The standard InChI is InChI=1S/C15H18N2O3/c1-3-12(9-14(18)20-2)17-15(19)13(10-16)11-7-5-4-6-8-11/h4-8,12-13H,3,9H2,1-2H3,(H,17,19). The first-order valence-electron chi connectivity index (χ1n) is 6.44. The van der Waals surface area contributed by atoms with Crippen molar-refractivity contribution >= 4 is 11.9 Å². The van der Waals surface area contributed by atoms with Crippen molar-refractivity contribution in [3.63, 3.8) is 0 Å². The number of amides is 1. The van der Waals surface area contributed by atoms with Crippen molar-refractivity contribution in [3.05, 3.63) is 35.9 Å². The number of methoxy groups -OCH3 is 1. The number of nitriles is 1. The summed E-state index contributed by atoms with van der Waals surface area (Å²) in [6, 6.07) is 10.5. The third-order valence-corrected chi connectivity index (χ3v) is 3.00. The molecule has 0 aliphatic heterocycles. The largest absolute Gasteiger partial charge is 0.469 e. The monoisotopic (exact) mass is 274 g/mol. The molecule has 1 rings (SSSR count). The van der Waals surface area contributed by atoms with Crippen molar-refractivity contribution < 1.29 is 14.3 Å². The summed E-state index contributed by atoms with van der Waals surface area (Å²) in [5, 5.41) is 11.9. The lowest BCUT2D eigenvalue weighted by molar-refractivity contribution is -0.141. The first-order chi connectivity index (χ1) is 9.62. The van der Waals surface area contributed by atoms with E-state index in [1.54, 1.807) is 24.3 Å². The van der Waals surface area contributed by atoms with Gasteiger partial charge in [0, 0.05) is 6.04 Å². The van der Waals surface area contributed by atoms with Crippen molar-refractivity contribution in [2.24, 2.45) is 0 Å². The van der Waals surface area contributed by atoms with E-state index in [0.717, 1.165) is 0 Å². The van der Waals surface area contributed by atoms with Crippen LogP contribution >= 0.6 is 0 Å². The molecule has 1 amide bonds. The van der Waals surface area contributed by atoms with Gasteiger partial charge in [0.1, 0.15) is 5.92 Å². The van der Waals surface area contributed by atoms with Crippen LogP contribution in [-0.2, 0) is 14.3 Å². The number of hydrogen-bond acceptors (Lipinski definition) is 4. The van der Waals surface area contributed by atoms with Gasteiger partial charge in [-0.15, -0.1) is 0 Å². The molecule has 2 unspecified atom stereocenters. The summed E-state index contributed by atoms with van der Waals surface area (Å²) >= 11 is 0. The molecular formula is C15H18N2O3. The summed E-state index contributed by atoms with van der Waals surface area (Å²) in [5.74, 6) is -1.65. The predicted octanol–water partition coefficient (Wildman–Crippen LogP) is 1.75. The molecule has 20 heavy (non-hydrogen) atoms. The molecule has 106 valence electrons. The molecule has 0 spiro atoms. The van der Waals surface area contributed by atoms with E-state index in [1.807, 2.05) is 19.1 Å². The number of carbonyl (C=O) groups is 2. The van der Waals surface area contributed by atoms with Crippen LogP contribution in [0.1, 0.15) is 31.2 Å². The van der Waals surface area contributed by atoms with Crippen LogP contribution in [-0.4, -0.2) is 25.0 Å². The van der Waals surface area contributed by atoms with E-state index < -0.39 is 11.8 Å². The molecule has 0 bridgehead atoms. The molecule has 0 saturated carbocycles. The average Bonchev–Trinajstić information content (AvgIpc) is 2.48. The van der Waals surface area contributed by atoms with E-state index in [1.165, 1.54) is 7.11 Å². The number of nitrogens with one attached hydrogen (secondary N) is 1. The molecule has 0 radical (unpaired) electrons. The van der Waals surface area contributed by atoms with E-state index in [4.69, 9.17) is 5.26 Å². The molecule has 0 heterocycles. The third kappa shape index (κ3) is 4.39. The van der Waals surface area contributed by atoms with Gasteiger partial charge in [-0.1, -0.05) is 37.3 Å². The summed E-state index contributed by atoms with van der Waals surface area (Å²) in [6.45, 7) is 1.86. The van der Waals surface area contributed by atoms with Gasteiger partial charge in [0.15, 0.2) is 0 Å². The molecule has 0 fully saturated rings. The predicted molar refractivity (Wildman–Crippen MR) is 73.7 cm³/mol. The average molecular weight is 274 g/mol. The highest BCUT2D eigenvalue weighted by molar-refractivity contribution is 5.87. The summed E-state index contributed by atoms with van der Waals surface area (Å²) in [7, 11) is 1.30. The molecule has 5 heteroatoms. The summed E-state index contributed by atoms with van der Waals surface area (Å²) in [4.78, 5) is 23.4. The first-order valence-corrected chi connectivity index (χ1v) is 6.44. The Morgan fingerprint density at radius 2 is 2.00 bits per heavy atom. The molecule has 0 aliphatic rings. The Morgan fingerprint density at radius 1 is 1.35 bits per heavy atom. The SMILES string of the molecule is CCC(CC(=O)OC)NC(=O)C(C#N)c1ccccc1. The fourth-order valence-corrected chi connectivity index (χ4v) is 1.80. The van der Waals surface area contributed by atoms with Crippen molar-refractivity contribution in [2.45, 2.75) is 31.7 Å². The molecular weight excluding hydrogens is 256 g/mol. The van der Waals surface area contributed by atoms with Crippen molar-refractivity contribution in [2.75, 3.05) is 7.11 Å². The Morgan fingerprint density at radius 3 is 2.50 bits per heavy atom. The van der Waals surface area contributed by atoms with Crippen molar-refractivity contribution in [3.8, 4) is 6.07 Å². The van der Waals surface area contributed by atoms with Gasteiger partial charge in [0.05, 0.1) is 19.6 Å². The van der Waals surface area contributed by atoms with E-state index in [9.17, 15) is 9.59 Å². The van der Waals surface area contributed by atoms with Crippen molar-refractivity contribution in [1.29, 1.82) is 5.26 Å². The smallest absolute Gasteiger partial charge is 0.307 e. The van der Waals surface area contributed by atoms with Gasteiger partial charge in [-0.3, -0.25) is 9.59 Å². The molecule has 1 aromatic rings. The topological polar surface area (TPSA) is 79.2 Å². The maximum atomic E-state index is 12.1. The molecule has 0 saturated heterocycles. The minimum absolute atomic E-state index is 0.103. The van der Waals surface area contributed by atoms with Gasteiger partial charge in [-0.2, -0.15) is 5.26 Å². The zero-order valence-corrected chi connectivity index (χ0v) is 11.6. The second-order valence-corrected chi connectivity index (χ2v) is 4.37. The number of benzene rings is 1. The molecule has 0 aliphatic carbocycles. The van der Waals surface area contributed by atoms with Crippen LogP contribution in [0.25, 0.3) is 0 Å². The number of carbonyl (C=O) groups excluding carboxylic acids is 2. The summed E-state index contributed by atoms with van der Waals surface area (Å²) in [6.07, 6.45) is 0.694. The van der Waals surface area contributed by atoms with Crippen LogP contribution in [0.2, 0.25) is 0 Å². The van der Waals surface area contributed by atoms with Crippen LogP contribution in [0.5, 0.6) is 0 Å². The molecule has 5 nitrogen and oxygen atoms in total. The van der Waals surface area contributed by atoms with Crippen LogP contribution in [0.4, 0.5) is 0 Å². The van der Waals surface area contributed by atoms with E-state index in [2.05, 4.69) is 10.1 Å².